The fraction of sp³-hybridized carbons (Fsp3) is 0.692. The third-order valence-electron chi connectivity index (χ3n) is 5.10. The average molecular weight is 435 g/mol. The Hall–Kier alpha value is -2.04. The molecule has 0 aromatic heterocycles. The van der Waals surface area contributed by atoms with Crippen LogP contribution >= 0.6 is 0 Å². The van der Waals surface area contributed by atoms with Crippen LogP contribution in [-0.4, -0.2) is 18.5 Å². The highest BCUT2D eigenvalue weighted by Crippen LogP contribution is 2.32. The predicted molar refractivity (Wildman–Crippen MR) is 125 cm³/mol. The monoisotopic (exact) mass is 434 g/mol. The summed E-state index contributed by atoms with van der Waals surface area (Å²) in [5.74, 6) is 0.493. The van der Waals surface area contributed by atoms with Gasteiger partial charge in [0.2, 0.25) is 0 Å². The van der Waals surface area contributed by atoms with Gasteiger partial charge < -0.3 is 14.2 Å². The van der Waals surface area contributed by atoms with E-state index in [-0.39, 0.29) is 23.4 Å². The number of carbonyl (C=O) groups is 2. The summed E-state index contributed by atoms with van der Waals surface area (Å²) in [5, 5.41) is 0. The van der Waals surface area contributed by atoms with E-state index in [4.69, 9.17) is 14.2 Å². The predicted octanol–water partition coefficient (Wildman–Crippen LogP) is 7.40. The maximum Gasteiger partial charge on any atom is 0.311 e. The smallest absolute Gasteiger partial charge is 0.311 e. The van der Waals surface area contributed by atoms with Crippen molar-refractivity contribution in [3.63, 3.8) is 0 Å². The molecule has 1 aromatic rings. The van der Waals surface area contributed by atoms with Gasteiger partial charge in [0, 0.05) is 18.9 Å². The lowest BCUT2D eigenvalue weighted by atomic mass is 10.1. The third kappa shape index (κ3) is 13.1. The maximum absolute atomic E-state index is 12.1. The molecule has 5 heteroatoms. The number of ether oxygens (including phenoxy) is 3. The summed E-state index contributed by atoms with van der Waals surface area (Å²) >= 11 is 0. The quantitative estimate of drug-likeness (QED) is 0.137. The van der Waals surface area contributed by atoms with Crippen molar-refractivity contribution < 1.29 is 23.8 Å². The van der Waals surface area contributed by atoms with Gasteiger partial charge in [-0.15, -0.1) is 0 Å². The minimum absolute atomic E-state index is 0.249. The summed E-state index contributed by atoms with van der Waals surface area (Å²) < 4.78 is 16.8. The van der Waals surface area contributed by atoms with Crippen LogP contribution in [0.25, 0.3) is 0 Å². The van der Waals surface area contributed by atoms with Gasteiger partial charge >= 0.3 is 11.9 Å². The molecule has 0 aliphatic carbocycles. The molecule has 0 heterocycles. The van der Waals surface area contributed by atoms with Crippen molar-refractivity contribution in [1.82, 2.24) is 0 Å². The SMILES string of the molecule is CCCCCCCCCCOc1ccc(OC(=O)CCCC)c(OC(=O)CCCC)c1. The summed E-state index contributed by atoms with van der Waals surface area (Å²) in [6, 6.07) is 5.06. The molecule has 5 nitrogen and oxygen atoms in total. The van der Waals surface area contributed by atoms with Crippen LogP contribution in [0.2, 0.25) is 0 Å². The van der Waals surface area contributed by atoms with Crippen LogP contribution in [0.15, 0.2) is 18.2 Å². The van der Waals surface area contributed by atoms with E-state index >= 15 is 0 Å². The molecule has 0 radical (unpaired) electrons. The zero-order valence-corrected chi connectivity index (χ0v) is 19.9. The Kier molecular flexibility index (Phi) is 15.3. The van der Waals surface area contributed by atoms with E-state index in [1.165, 1.54) is 38.5 Å². The molecule has 176 valence electrons. The number of rotatable bonds is 18. The summed E-state index contributed by atoms with van der Waals surface area (Å²) in [4.78, 5) is 24.1. The molecule has 1 aromatic carbocycles. The van der Waals surface area contributed by atoms with Crippen LogP contribution in [0.5, 0.6) is 17.2 Å². The van der Waals surface area contributed by atoms with Crippen LogP contribution in [0.1, 0.15) is 111 Å². The second-order valence-corrected chi connectivity index (χ2v) is 8.09. The standard InChI is InChI=1S/C26H42O5/c1-4-7-10-11-12-13-14-15-20-29-22-18-19-23(30-25(27)16-8-5-2)24(21-22)31-26(28)17-9-6-3/h18-19,21H,4-17,20H2,1-3H3. The average Bonchev–Trinajstić information content (AvgIpc) is 2.76. The molecular formula is C26H42O5. The summed E-state index contributed by atoms with van der Waals surface area (Å²) in [6.45, 7) is 6.90. The number of unbranched alkanes of at least 4 members (excludes halogenated alkanes) is 9. The van der Waals surface area contributed by atoms with Gasteiger partial charge in [-0.25, -0.2) is 0 Å². The van der Waals surface area contributed by atoms with Crippen LogP contribution in [-0.2, 0) is 9.59 Å². The van der Waals surface area contributed by atoms with Gasteiger partial charge in [0.25, 0.3) is 0 Å². The van der Waals surface area contributed by atoms with Gasteiger partial charge in [0.1, 0.15) is 5.75 Å². The van der Waals surface area contributed by atoms with Crippen LogP contribution in [0, 0.1) is 0 Å². The molecule has 0 amide bonds. The van der Waals surface area contributed by atoms with Crippen molar-refractivity contribution >= 4 is 11.9 Å². The Bertz CT molecular complexity index is 626. The Morgan fingerprint density at radius 1 is 0.645 bits per heavy atom. The highest BCUT2D eigenvalue weighted by Gasteiger charge is 2.15. The number of esters is 2. The molecule has 0 bridgehead atoms. The van der Waals surface area contributed by atoms with E-state index in [0.29, 0.717) is 25.2 Å². The van der Waals surface area contributed by atoms with Crippen molar-refractivity contribution in [2.24, 2.45) is 0 Å². The molecule has 0 fully saturated rings. The van der Waals surface area contributed by atoms with E-state index in [2.05, 4.69) is 6.92 Å². The Morgan fingerprint density at radius 2 is 1.16 bits per heavy atom. The molecule has 0 saturated heterocycles. The second-order valence-electron chi connectivity index (χ2n) is 8.09. The van der Waals surface area contributed by atoms with Crippen molar-refractivity contribution in [3.8, 4) is 17.2 Å². The van der Waals surface area contributed by atoms with E-state index in [1.54, 1.807) is 18.2 Å². The summed E-state index contributed by atoms with van der Waals surface area (Å²) in [7, 11) is 0. The van der Waals surface area contributed by atoms with E-state index < -0.39 is 0 Å². The first kappa shape index (κ1) is 27.0. The zero-order chi connectivity index (χ0) is 22.7. The van der Waals surface area contributed by atoms with Gasteiger partial charge in [-0.2, -0.15) is 0 Å². The van der Waals surface area contributed by atoms with Gasteiger partial charge in [-0.3, -0.25) is 9.59 Å². The Labute approximate surface area is 188 Å². The lowest BCUT2D eigenvalue weighted by molar-refractivity contribution is -0.137. The fourth-order valence-corrected chi connectivity index (χ4v) is 3.16. The minimum atomic E-state index is -0.326. The van der Waals surface area contributed by atoms with Crippen molar-refractivity contribution in [2.75, 3.05) is 6.61 Å². The first-order valence-corrected chi connectivity index (χ1v) is 12.3. The van der Waals surface area contributed by atoms with Crippen molar-refractivity contribution in [2.45, 2.75) is 111 Å². The molecule has 31 heavy (non-hydrogen) atoms. The number of hydrogen-bond donors (Lipinski definition) is 0. The molecule has 0 N–H and O–H groups in total. The van der Waals surface area contributed by atoms with E-state index in [1.807, 2.05) is 13.8 Å². The second kappa shape index (κ2) is 17.6. The van der Waals surface area contributed by atoms with Gasteiger partial charge in [0.05, 0.1) is 6.61 Å². The topological polar surface area (TPSA) is 61.8 Å². The molecule has 0 aliphatic heterocycles. The first-order chi connectivity index (χ1) is 15.1. The largest absolute Gasteiger partial charge is 0.493 e. The molecule has 0 atom stereocenters. The lowest BCUT2D eigenvalue weighted by Gasteiger charge is -2.13. The lowest BCUT2D eigenvalue weighted by Crippen LogP contribution is -2.12. The van der Waals surface area contributed by atoms with Gasteiger partial charge in [-0.1, -0.05) is 78.6 Å². The molecule has 0 aliphatic rings. The van der Waals surface area contributed by atoms with Crippen molar-refractivity contribution in [1.29, 1.82) is 0 Å². The van der Waals surface area contributed by atoms with Crippen molar-refractivity contribution in [3.05, 3.63) is 18.2 Å². The van der Waals surface area contributed by atoms with E-state index in [9.17, 15) is 9.59 Å². The molecule has 0 saturated carbocycles. The minimum Gasteiger partial charge on any atom is -0.493 e. The number of benzene rings is 1. The summed E-state index contributed by atoms with van der Waals surface area (Å²) in [6.07, 6.45) is 14.0. The molecule has 0 spiro atoms. The highest BCUT2D eigenvalue weighted by atomic mass is 16.6. The molecule has 0 unspecified atom stereocenters. The van der Waals surface area contributed by atoms with E-state index in [0.717, 1.165) is 38.5 Å². The Balaban J connectivity index is 2.57. The molecule has 1 rings (SSSR count). The molecular weight excluding hydrogens is 392 g/mol. The normalized spacial score (nSPS) is 10.7. The zero-order valence-electron chi connectivity index (χ0n) is 19.9. The van der Waals surface area contributed by atoms with Gasteiger partial charge in [0.15, 0.2) is 11.5 Å². The first-order valence-electron chi connectivity index (χ1n) is 12.3. The third-order valence-corrected chi connectivity index (χ3v) is 5.10. The number of carbonyl (C=O) groups excluding carboxylic acids is 2. The van der Waals surface area contributed by atoms with Crippen LogP contribution < -0.4 is 14.2 Å². The number of hydrogen-bond acceptors (Lipinski definition) is 5. The Morgan fingerprint density at radius 3 is 1.74 bits per heavy atom. The maximum atomic E-state index is 12.1. The van der Waals surface area contributed by atoms with Gasteiger partial charge in [-0.05, 0) is 31.4 Å². The van der Waals surface area contributed by atoms with Crippen LogP contribution in [0.4, 0.5) is 0 Å². The highest BCUT2D eigenvalue weighted by molar-refractivity contribution is 5.76. The fourth-order valence-electron chi connectivity index (χ4n) is 3.16. The summed E-state index contributed by atoms with van der Waals surface area (Å²) in [5.41, 5.74) is 0. The van der Waals surface area contributed by atoms with Crippen LogP contribution in [0.3, 0.4) is 0 Å².